The fourth-order valence-electron chi connectivity index (χ4n) is 3.97. The summed E-state index contributed by atoms with van der Waals surface area (Å²) < 4.78 is 70.3. The molecule has 0 aromatic heterocycles. The summed E-state index contributed by atoms with van der Waals surface area (Å²) in [4.78, 5) is 13.9. The third kappa shape index (κ3) is 6.77. The van der Waals surface area contributed by atoms with Crippen LogP contribution in [0.3, 0.4) is 0 Å². The van der Waals surface area contributed by atoms with Gasteiger partial charge in [-0.2, -0.15) is 13.2 Å². The van der Waals surface area contributed by atoms with E-state index in [0.29, 0.717) is 38.8 Å². The minimum Gasteiger partial charge on any atom is -0.376 e. The van der Waals surface area contributed by atoms with E-state index >= 15 is 0 Å². The molecule has 2 atom stereocenters. The lowest BCUT2D eigenvalue weighted by atomic mass is 9.87. The number of alkyl halides is 3. The molecule has 0 aromatic carbocycles. The number of likely N-dealkylation sites (tertiary alicyclic amines) is 1. The number of hydrogen-bond acceptors (Lipinski definition) is 4. The maximum Gasteiger partial charge on any atom is 0.391 e. The van der Waals surface area contributed by atoms with Crippen LogP contribution in [0.5, 0.6) is 0 Å². The zero-order valence-electron chi connectivity index (χ0n) is 16.3. The van der Waals surface area contributed by atoms with E-state index in [1.165, 1.54) is 0 Å². The Morgan fingerprint density at radius 1 is 1.18 bits per heavy atom. The summed E-state index contributed by atoms with van der Waals surface area (Å²) in [7, 11) is -3.47. The van der Waals surface area contributed by atoms with Crippen molar-refractivity contribution in [3.63, 3.8) is 0 Å². The van der Waals surface area contributed by atoms with E-state index in [9.17, 15) is 26.4 Å². The van der Waals surface area contributed by atoms with Crippen molar-refractivity contribution in [2.75, 3.05) is 26.0 Å². The molecule has 2 N–H and O–H groups in total. The Kier molecular flexibility index (Phi) is 7.97. The number of nitrogens with zero attached hydrogens (tertiary/aromatic N) is 1. The first-order valence-corrected chi connectivity index (χ1v) is 11.6. The molecule has 0 bridgehead atoms. The van der Waals surface area contributed by atoms with Gasteiger partial charge in [0.25, 0.3) is 0 Å². The fourth-order valence-corrected chi connectivity index (χ4v) is 4.80. The number of sulfonamides is 1. The quantitative estimate of drug-likeness (QED) is 0.678. The summed E-state index contributed by atoms with van der Waals surface area (Å²) in [5, 5.41) is 2.72. The monoisotopic (exact) mass is 429 g/mol. The molecule has 11 heteroatoms. The maximum atomic E-state index is 12.8. The van der Waals surface area contributed by atoms with Crippen LogP contribution >= 0.6 is 0 Å². The van der Waals surface area contributed by atoms with Crippen LogP contribution in [0.1, 0.15) is 45.4 Å². The van der Waals surface area contributed by atoms with E-state index in [1.54, 1.807) is 11.8 Å². The van der Waals surface area contributed by atoms with Crippen LogP contribution in [0.15, 0.2) is 0 Å². The van der Waals surface area contributed by atoms with E-state index in [-0.39, 0.29) is 31.6 Å². The second-order valence-corrected chi connectivity index (χ2v) is 9.36. The van der Waals surface area contributed by atoms with Gasteiger partial charge in [-0.3, -0.25) is 0 Å². The first kappa shape index (κ1) is 23.2. The van der Waals surface area contributed by atoms with E-state index in [4.69, 9.17) is 4.74 Å². The van der Waals surface area contributed by atoms with Gasteiger partial charge in [-0.05, 0) is 45.4 Å². The summed E-state index contributed by atoms with van der Waals surface area (Å²) in [5.41, 5.74) is 0. The van der Waals surface area contributed by atoms with Gasteiger partial charge in [-0.1, -0.05) is 0 Å². The molecular formula is C17H30F3N3O4S. The summed E-state index contributed by atoms with van der Waals surface area (Å²) in [6.45, 7) is 2.79. The van der Waals surface area contributed by atoms with Gasteiger partial charge in [0, 0.05) is 19.1 Å². The number of carbonyl (C=O) groups excluding carboxylic acids is 1. The van der Waals surface area contributed by atoms with Crippen LogP contribution in [0.4, 0.5) is 18.0 Å². The predicted molar refractivity (Wildman–Crippen MR) is 98.3 cm³/mol. The number of piperidine rings is 1. The van der Waals surface area contributed by atoms with Crippen molar-refractivity contribution in [2.45, 2.75) is 69.8 Å². The lowest BCUT2D eigenvalue weighted by Gasteiger charge is -2.42. The predicted octanol–water partition coefficient (Wildman–Crippen LogP) is 2.24. The molecule has 164 valence electrons. The summed E-state index contributed by atoms with van der Waals surface area (Å²) in [5.74, 6) is -1.28. The zero-order valence-corrected chi connectivity index (χ0v) is 17.1. The van der Waals surface area contributed by atoms with Crippen LogP contribution < -0.4 is 10.0 Å². The molecule has 0 unspecified atom stereocenters. The average Bonchev–Trinajstić information content (AvgIpc) is 2.59. The number of rotatable bonds is 6. The van der Waals surface area contributed by atoms with Crippen molar-refractivity contribution in [2.24, 2.45) is 5.92 Å². The van der Waals surface area contributed by atoms with Gasteiger partial charge < -0.3 is 15.0 Å². The normalized spacial score (nSPS) is 29.5. The molecule has 28 heavy (non-hydrogen) atoms. The summed E-state index contributed by atoms with van der Waals surface area (Å²) in [6, 6.07) is -1.29. The number of hydrogen-bond donors (Lipinski definition) is 2. The molecule has 1 saturated carbocycles. The first-order chi connectivity index (χ1) is 13.0. The van der Waals surface area contributed by atoms with Gasteiger partial charge in [0.1, 0.15) is 0 Å². The number of ether oxygens (including phenoxy) is 1. The number of nitrogens with one attached hydrogen (secondary N) is 2. The molecule has 0 radical (unpaired) electrons. The zero-order chi connectivity index (χ0) is 20.9. The van der Waals surface area contributed by atoms with Crippen LogP contribution in [0.2, 0.25) is 0 Å². The Morgan fingerprint density at radius 3 is 2.36 bits per heavy atom. The Bertz CT molecular complexity index is 622. The molecule has 0 aromatic rings. The summed E-state index contributed by atoms with van der Waals surface area (Å²) in [6.07, 6.45) is -1.52. The SMILES string of the molecule is CCNC(=O)N1CCC[C@H](NS(C)(=O)=O)[C@@H]1COC1CCC(C(F)(F)F)CC1. The lowest BCUT2D eigenvalue weighted by Crippen LogP contribution is -2.60. The molecule has 1 aliphatic heterocycles. The molecule has 1 saturated heterocycles. The number of halogens is 3. The van der Waals surface area contributed by atoms with Gasteiger partial charge >= 0.3 is 12.2 Å². The molecule has 1 heterocycles. The largest absolute Gasteiger partial charge is 0.391 e. The first-order valence-electron chi connectivity index (χ1n) is 9.71. The maximum absolute atomic E-state index is 12.8. The van der Waals surface area contributed by atoms with Gasteiger partial charge in [-0.25, -0.2) is 17.9 Å². The molecule has 2 fully saturated rings. The summed E-state index contributed by atoms with van der Waals surface area (Å²) >= 11 is 0. The van der Waals surface area contributed by atoms with Crippen molar-refractivity contribution in [1.82, 2.24) is 14.9 Å². The van der Waals surface area contributed by atoms with Crippen molar-refractivity contribution in [3.8, 4) is 0 Å². The van der Waals surface area contributed by atoms with Gasteiger partial charge in [-0.15, -0.1) is 0 Å². The van der Waals surface area contributed by atoms with E-state index in [1.807, 2.05) is 0 Å². The molecule has 2 aliphatic rings. The Morgan fingerprint density at radius 2 is 1.82 bits per heavy atom. The van der Waals surface area contributed by atoms with Crippen LogP contribution in [-0.2, 0) is 14.8 Å². The fraction of sp³-hybridized carbons (Fsp3) is 0.941. The number of amides is 2. The van der Waals surface area contributed by atoms with Gasteiger partial charge in [0.15, 0.2) is 0 Å². The Labute approximate surface area is 164 Å². The van der Waals surface area contributed by atoms with E-state index in [0.717, 1.165) is 6.26 Å². The second-order valence-electron chi connectivity index (χ2n) is 7.58. The average molecular weight is 430 g/mol. The van der Waals surface area contributed by atoms with E-state index < -0.39 is 34.2 Å². The minimum atomic E-state index is -4.17. The Balaban J connectivity index is 2.00. The van der Waals surface area contributed by atoms with E-state index in [2.05, 4.69) is 10.0 Å². The van der Waals surface area contributed by atoms with Crippen LogP contribution in [0.25, 0.3) is 0 Å². The highest BCUT2D eigenvalue weighted by Crippen LogP contribution is 2.38. The van der Waals surface area contributed by atoms with Crippen molar-refractivity contribution in [3.05, 3.63) is 0 Å². The van der Waals surface area contributed by atoms with Crippen molar-refractivity contribution in [1.29, 1.82) is 0 Å². The third-order valence-corrected chi connectivity index (χ3v) is 6.10. The van der Waals surface area contributed by atoms with Gasteiger partial charge in [0.05, 0.1) is 30.9 Å². The highest BCUT2D eigenvalue weighted by atomic mass is 32.2. The molecule has 0 spiro atoms. The molecular weight excluding hydrogens is 399 g/mol. The second kappa shape index (κ2) is 9.62. The van der Waals surface area contributed by atoms with Crippen molar-refractivity contribution < 1.29 is 31.1 Å². The molecule has 2 rings (SSSR count). The lowest BCUT2D eigenvalue weighted by molar-refractivity contribution is -0.188. The standard InChI is InChI=1S/C17H30F3N3O4S/c1-3-21-16(24)23-10-4-5-14(22-28(2,25)26)15(23)11-27-13-8-6-12(7-9-13)17(18,19)20/h12-15,22H,3-11H2,1-2H3,(H,21,24)/t12?,13?,14-,15-/m0/s1. The smallest absolute Gasteiger partial charge is 0.376 e. The highest BCUT2D eigenvalue weighted by Gasteiger charge is 2.42. The van der Waals surface area contributed by atoms with Crippen LogP contribution in [0, 0.1) is 5.92 Å². The molecule has 7 nitrogen and oxygen atoms in total. The van der Waals surface area contributed by atoms with Gasteiger partial charge in [0.2, 0.25) is 10.0 Å². The highest BCUT2D eigenvalue weighted by molar-refractivity contribution is 7.88. The molecule has 1 aliphatic carbocycles. The third-order valence-electron chi connectivity index (χ3n) is 5.37. The van der Waals surface area contributed by atoms with Crippen molar-refractivity contribution >= 4 is 16.1 Å². The Hall–Kier alpha value is -1.07. The molecule has 2 amide bonds. The van der Waals surface area contributed by atoms with Crippen LogP contribution in [-0.4, -0.2) is 69.7 Å². The number of urea groups is 1. The minimum absolute atomic E-state index is 0.0316. The topological polar surface area (TPSA) is 87.7 Å². The number of carbonyl (C=O) groups is 1.